The van der Waals surface area contributed by atoms with Gasteiger partial charge in [-0.1, -0.05) is 6.07 Å². The average molecular weight is 330 g/mol. The maximum atomic E-state index is 12.0. The highest BCUT2D eigenvalue weighted by atomic mass is 32.1. The lowest BCUT2D eigenvalue weighted by atomic mass is 10.2. The summed E-state index contributed by atoms with van der Waals surface area (Å²) in [6.45, 7) is 1.70. The summed E-state index contributed by atoms with van der Waals surface area (Å²) in [4.78, 5) is 24.9. The van der Waals surface area contributed by atoms with E-state index in [9.17, 15) is 9.59 Å². The summed E-state index contributed by atoms with van der Waals surface area (Å²) in [7, 11) is 0. The first-order valence-corrected chi connectivity index (χ1v) is 8.43. The number of benzene rings is 1. The summed E-state index contributed by atoms with van der Waals surface area (Å²) in [5, 5.41) is 7.67. The number of thiophene rings is 1. The number of carbonyl (C=O) groups is 2. The molecule has 120 valence electrons. The summed E-state index contributed by atoms with van der Waals surface area (Å²) < 4.78 is 5.49. The van der Waals surface area contributed by atoms with Gasteiger partial charge < -0.3 is 15.4 Å². The third-order valence-electron chi connectivity index (χ3n) is 3.60. The Morgan fingerprint density at radius 3 is 3.04 bits per heavy atom. The smallest absolute Gasteiger partial charge is 0.265 e. The fraction of sp³-hybridized carbons (Fsp3) is 0.294. The molecule has 1 aliphatic heterocycles. The molecule has 0 radical (unpaired) electrons. The molecule has 2 heterocycles. The van der Waals surface area contributed by atoms with Crippen LogP contribution in [0.3, 0.4) is 0 Å². The Bertz CT molecular complexity index is 713. The monoisotopic (exact) mass is 330 g/mol. The van der Waals surface area contributed by atoms with E-state index in [-0.39, 0.29) is 11.8 Å². The Balaban J connectivity index is 1.54. The van der Waals surface area contributed by atoms with Gasteiger partial charge in [-0.15, -0.1) is 11.3 Å². The molecule has 3 rings (SSSR count). The Morgan fingerprint density at radius 1 is 1.39 bits per heavy atom. The van der Waals surface area contributed by atoms with Crippen molar-refractivity contribution in [2.45, 2.75) is 32.3 Å². The van der Waals surface area contributed by atoms with Crippen molar-refractivity contribution in [3.63, 3.8) is 0 Å². The molecule has 5 nitrogen and oxygen atoms in total. The fourth-order valence-electron chi connectivity index (χ4n) is 2.39. The number of hydrogen-bond acceptors (Lipinski definition) is 4. The summed E-state index contributed by atoms with van der Waals surface area (Å²) in [5.74, 6) is 0.405. The molecule has 0 spiro atoms. The highest BCUT2D eigenvalue weighted by Gasteiger charge is 2.23. The third kappa shape index (κ3) is 3.90. The number of carbonyl (C=O) groups excluding carboxylic acids is 2. The van der Waals surface area contributed by atoms with Crippen molar-refractivity contribution in [1.82, 2.24) is 0 Å². The molecule has 23 heavy (non-hydrogen) atoms. The van der Waals surface area contributed by atoms with Crippen molar-refractivity contribution in [3.8, 4) is 5.75 Å². The maximum absolute atomic E-state index is 12.0. The van der Waals surface area contributed by atoms with E-state index in [0.29, 0.717) is 23.5 Å². The fourth-order valence-corrected chi connectivity index (χ4v) is 3.14. The molecule has 0 saturated carbocycles. The minimum absolute atomic E-state index is 0.0297. The predicted octanol–water partition coefficient (Wildman–Crippen LogP) is 3.43. The van der Waals surface area contributed by atoms with Crippen molar-refractivity contribution in [2.24, 2.45) is 0 Å². The van der Waals surface area contributed by atoms with E-state index < -0.39 is 6.10 Å². The van der Waals surface area contributed by atoms with Crippen molar-refractivity contribution >= 4 is 34.5 Å². The minimum atomic E-state index is -0.500. The van der Waals surface area contributed by atoms with Crippen molar-refractivity contribution < 1.29 is 14.3 Å². The van der Waals surface area contributed by atoms with E-state index >= 15 is 0 Å². The van der Waals surface area contributed by atoms with Gasteiger partial charge in [-0.2, -0.15) is 0 Å². The molecule has 0 saturated heterocycles. The Kier molecular flexibility index (Phi) is 4.62. The van der Waals surface area contributed by atoms with E-state index in [1.54, 1.807) is 36.5 Å². The van der Waals surface area contributed by atoms with Gasteiger partial charge in [0.1, 0.15) is 5.75 Å². The first kappa shape index (κ1) is 15.6. The van der Waals surface area contributed by atoms with Gasteiger partial charge >= 0.3 is 0 Å². The minimum Gasteiger partial charge on any atom is -0.479 e. The molecule has 2 aromatic rings. The molecular formula is C17H18N2O3S. The lowest BCUT2D eigenvalue weighted by Gasteiger charge is -2.23. The van der Waals surface area contributed by atoms with E-state index in [4.69, 9.17) is 4.74 Å². The van der Waals surface area contributed by atoms with Crippen LogP contribution in [0.15, 0.2) is 35.7 Å². The van der Waals surface area contributed by atoms with Gasteiger partial charge in [0, 0.05) is 17.0 Å². The second-order valence-electron chi connectivity index (χ2n) is 5.44. The van der Waals surface area contributed by atoms with E-state index in [1.807, 2.05) is 11.4 Å². The number of fused-ring (bicyclic) bond motifs is 1. The molecule has 2 amide bonds. The van der Waals surface area contributed by atoms with Crippen LogP contribution in [-0.4, -0.2) is 17.9 Å². The van der Waals surface area contributed by atoms with Crippen LogP contribution in [0, 0.1) is 0 Å². The van der Waals surface area contributed by atoms with E-state index in [2.05, 4.69) is 16.7 Å². The highest BCUT2D eigenvalue weighted by Crippen LogP contribution is 2.32. The SMILES string of the molecule is CC1Oc2ccc(NC(=O)CCCc3cccs3)cc2NC1=O. The van der Waals surface area contributed by atoms with Crippen molar-refractivity contribution in [3.05, 3.63) is 40.6 Å². The molecule has 1 aromatic heterocycles. The van der Waals surface area contributed by atoms with Crippen LogP contribution in [-0.2, 0) is 16.0 Å². The van der Waals surface area contributed by atoms with E-state index in [1.165, 1.54) is 4.88 Å². The largest absolute Gasteiger partial charge is 0.479 e. The Labute approximate surface area is 138 Å². The molecular weight excluding hydrogens is 312 g/mol. The predicted molar refractivity (Wildman–Crippen MR) is 91.0 cm³/mol. The summed E-state index contributed by atoms with van der Waals surface area (Å²) >= 11 is 1.71. The molecule has 1 aromatic carbocycles. The number of hydrogen-bond donors (Lipinski definition) is 2. The van der Waals surface area contributed by atoms with Gasteiger partial charge in [0.05, 0.1) is 5.69 Å². The van der Waals surface area contributed by atoms with Crippen LogP contribution in [0.25, 0.3) is 0 Å². The molecule has 1 atom stereocenters. The van der Waals surface area contributed by atoms with Crippen LogP contribution >= 0.6 is 11.3 Å². The van der Waals surface area contributed by atoms with Gasteiger partial charge in [-0.3, -0.25) is 9.59 Å². The molecule has 0 fully saturated rings. The van der Waals surface area contributed by atoms with Gasteiger partial charge in [0.2, 0.25) is 5.91 Å². The summed E-state index contributed by atoms with van der Waals surface area (Å²) in [6, 6.07) is 9.35. The third-order valence-corrected chi connectivity index (χ3v) is 4.54. The number of rotatable bonds is 5. The van der Waals surface area contributed by atoms with Crippen LogP contribution in [0.1, 0.15) is 24.6 Å². The zero-order valence-corrected chi connectivity index (χ0v) is 13.6. The van der Waals surface area contributed by atoms with Crippen LogP contribution in [0.2, 0.25) is 0 Å². The van der Waals surface area contributed by atoms with Crippen molar-refractivity contribution in [2.75, 3.05) is 10.6 Å². The normalized spacial score (nSPS) is 16.2. The van der Waals surface area contributed by atoms with Crippen LogP contribution in [0.5, 0.6) is 5.75 Å². The zero-order valence-electron chi connectivity index (χ0n) is 12.8. The molecule has 1 aliphatic rings. The Morgan fingerprint density at radius 2 is 2.26 bits per heavy atom. The van der Waals surface area contributed by atoms with E-state index in [0.717, 1.165) is 12.8 Å². The number of amides is 2. The first-order valence-electron chi connectivity index (χ1n) is 7.55. The standard InChI is InChI=1S/C17H18N2O3S/c1-11-17(21)19-14-10-12(7-8-15(14)22-11)18-16(20)6-2-4-13-5-3-9-23-13/h3,5,7-11H,2,4,6H2,1H3,(H,18,20)(H,19,21). The van der Waals surface area contributed by atoms with Crippen LogP contribution in [0.4, 0.5) is 11.4 Å². The number of ether oxygens (including phenoxy) is 1. The molecule has 1 unspecified atom stereocenters. The average Bonchev–Trinajstić information content (AvgIpc) is 3.02. The number of anilines is 2. The number of aryl methyl sites for hydroxylation is 1. The summed E-state index contributed by atoms with van der Waals surface area (Å²) in [6.07, 6.45) is 1.70. The first-order chi connectivity index (χ1) is 11.1. The second-order valence-corrected chi connectivity index (χ2v) is 6.47. The quantitative estimate of drug-likeness (QED) is 0.882. The highest BCUT2D eigenvalue weighted by molar-refractivity contribution is 7.09. The molecule has 0 aliphatic carbocycles. The number of nitrogens with one attached hydrogen (secondary N) is 2. The Hall–Kier alpha value is -2.34. The van der Waals surface area contributed by atoms with Gasteiger partial charge in [0.25, 0.3) is 5.91 Å². The van der Waals surface area contributed by atoms with Crippen LogP contribution < -0.4 is 15.4 Å². The van der Waals surface area contributed by atoms with Crippen molar-refractivity contribution in [1.29, 1.82) is 0 Å². The maximum Gasteiger partial charge on any atom is 0.265 e. The lowest BCUT2D eigenvalue weighted by molar-refractivity contribution is -0.122. The van der Waals surface area contributed by atoms with Gasteiger partial charge in [0.15, 0.2) is 6.10 Å². The lowest BCUT2D eigenvalue weighted by Crippen LogP contribution is -2.34. The topological polar surface area (TPSA) is 67.4 Å². The van der Waals surface area contributed by atoms with Gasteiger partial charge in [-0.25, -0.2) is 0 Å². The molecule has 0 bridgehead atoms. The molecule has 2 N–H and O–H groups in total. The summed E-state index contributed by atoms with van der Waals surface area (Å²) in [5.41, 5.74) is 1.24. The zero-order chi connectivity index (χ0) is 16.2. The molecule has 6 heteroatoms. The van der Waals surface area contributed by atoms with Gasteiger partial charge in [-0.05, 0) is 49.4 Å². The second kappa shape index (κ2) is 6.83.